The average molecular weight is 797 g/mol. The van der Waals surface area contributed by atoms with Crippen molar-refractivity contribution in [2.75, 3.05) is 40.5 Å². The van der Waals surface area contributed by atoms with Crippen LogP contribution in [0.1, 0.15) is 61.8 Å². The monoisotopic (exact) mass is 796 g/mol. The Morgan fingerprint density at radius 1 is 1.25 bits per heavy atom. The molecule has 1 aromatic carbocycles. The zero-order chi connectivity index (χ0) is 31.3. The number of thiazole rings is 1. The van der Waals surface area contributed by atoms with Crippen molar-refractivity contribution in [3.05, 3.63) is 57.2 Å². The van der Waals surface area contributed by atoms with E-state index in [9.17, 15) is 14.7 Å². The van der Waals surface area contributed by atoms with Crippen molar-refractivity contribution in [1.82, 2.24) is 15.2 Å². The smallest absolute Gasteiger partial charge is 0.304 e. The molecule has 10 nitrogen and oxygen atoms in total. The van der Waals surface area contributed by atoms with E-state index in [1.165, 1.54) is 12.0 Å². The van der Waals surface area contributed by atoms with Gasteiger partial charge in [0.15, 0.2) is 0 Å². The molecule has 3 aliphatic rings. The van der Waals surface area contributed by atoms with Crippen LogP contribution in [0.25, 0.3) is 15.8 Å². The van der Waals surface area contributed by atoms with E-state index in [1.54, 1.807) is 23.3 Å². The van der Waals surface area contributed by atoms with Gasteiger partial charge in [-0.2, -0.15) is 7.05 Å². The summed E-state index contributed by atoms with van der Waals surface area (Å²) in [6.07, 6.45) is 2.77. The Labute approximate surface area is 279 Å². The number of allylic oxidation sites excluding steroid dienone is 1. The number of aliphatic hydroxyl groups is 1. The summed E-state index contributed by atoms with van der Waals surface area (Å²) in [6, 6.07) is 7.63. The largest absolute Gasteiger partial charge is 0.658 e. The van der Waals surface area contributed by atoms with Crippen LogP contribution in [0.15, 0.2) is 35.7 Å². The predicted molar refractivity (Wildman–Crippen MR) is 168 cm³/mol. The van der Waals surface area contributed by atoms with E-state index in [4.69, 9.17) is 15.2 Å². The number of β-amino-alcohol motifs (C(OH)–C–C–N with tert-alkyl or cyclic N) is 1. The molecule has 242 valence electrons. The summed E-state index contributed by atoms with van der Waals surface area (Å²) in [6.45, 7) is 10.1. The van der Waals surface area contributed by atoms with Crippen LogP contribution in [0.3, 0.4) is 0 Å². The van der Waals surface area contributed by atoms with Crippen LogP contribution in [-0.4, -0.2) is 79.5 Å². The zero-order valence-electron chi connectivity index (χ0n) is 26.6. The minimum Gasteiger partial charge on any atom is -0.658 e. The molecule has 3 unspecified atom stereocenters. The van der Waals surface area contributed by atoms with Gasteiger partial charge >= 0.3 is 5.97 Å². The van der Waals surface area contributed by atoms with Crippen molar-refractivity contribution < 1.29 is 45.2 Å². The molecular formula is C32H46N5O5SW-. The summed E-state index contributed by atoms with van der Waals surface area (Å²) >= 11 is 1.69. The second kappa shape index (κ2) is 15.8. The van der Waals surface area contributed by atoms with E-state index >= 15 is 0 Å². The van der Waals surface area contributed by atoms with Gasteiger partial charge in [-0.15, -0.1) is 11.3 Å². The second-order valence-corrected chi connectivity index (χ2v) is 13.5. The Morgan fingerprint density at radius 3 is 2.45 bits per heavy atom. The van der Waals surface area contributed by atoms with Crippen LogP contribution in [-0.2, 0) is 40.1 Å². The van der Waals surface area contributed by atoms with Crippen molar-refractivity contribution in [3.63, 3.8) is 0 Å². The van der Waals surface area contributed by atoms with Gasteiger partial charge in [0.1, 0.15) is 6.04 Å². The number of hydrogen-bond acceptors (Lipinski definition) is 9. The first-order chi connectivity index (χ1) is 20.4. The topological polar surface area (TPSA) is 141 Å². The summed E-state index contributed by atoms with van der Waals surface area (Å²) in [5.74, 6) is 0.230. The third-order valence-electron chi connectivity index (χ3n) is 8.27. The van der Waals surface area contributed by atoms with Crippen molar-refractivity contribution in [1.29, 1.82) is 0 Å². The molecule has 3 fully saturated rings. The maximum Gasteiger partial charge on any atom is 0.304 e. The molecule has 3 heterocycles. The number of aliphatic hydroxyl groups excluding tert-OH is 1. The number of benzene rings is 1. The molecule has 1 aromatic heterocycles. The van der Waals surface area contributed by atoms with Crippen molar-refractivity contribution in [3.8, 4) is 10.4 Å². The molecule has 12 heteroatoms. The summed E-state index contributed by atoms with van der Waals surface area (Å²) in [5, 5.41) is 18.4. The Bertz CT molecular complexity index is 1310. The van der Waals surface area contributed by atoms with Gasteiger partial charge in [-0.25, -0.2) is 4.98 Å². The Hall–Kier alpha value is -2.30. The summed E-state index contributed by atoms with van der Waals surface area (Å²) in [4.78, 5) is 31.7. The first kappa shape index (κ1) is 36.2. The Morgan fingerprint density at radius 2 is 1.93 bits per heavy atom. The predicted octanol–water partition coefficient (Wildman–Crippen LogP) is 4.21. The molecular weight excluding hydrogens is 750 g/mol. The standard InChI is InChI=1S/C16H27N3O3.C16H19N2O2S.W/c1-16(2)9-22-8-12(13(17)10-3-4-10)18-14(16)15(21)19-6-5-11(20)7-19;1-10-16(21-11(2)18-10)13-7-5-12(6-8-13)14(17-3)9-15(19)20-4;/h10-11,14,18,20H,3-9,17H2,1-2H3;5-8,14H,9H2,1-4H3;/q;-1;/b13-12-;;. The van der Waals surface area contributed by atoms with E-state index in [-0.39, 0.29) is 56.9 Å². The minimum absolute atomic E-state index is 0. The van der Waals surface area contributed by atoms with Crippen LogP contribution in [0.4, 0.5) is 0 Å². The number of esters is 1. The number of carbonyl (C=O) groups is 2. The average Bonchev–Trinajstić information content (AvgIpc) is 3.69. The van der Waals surface area contributed by atoms with Gasteiger partial charge in [0.2, 0.25) is 5.91 Å². The van der Waals surface area contributed by atoms with Crippen molar-refractivity contribution in [2.24, 2.45) is 17.1 Å². The number of carbonyl (C=O) groups excluding carboxylic acids is 2. The molecule has 5 rings (SSSR count). The number of aromatic nitrogens is 1. The van der Waals surface area contributed by atoms with Crippen LogP contribution in [0, 0.1) is 25.2 Å². The SMILES string of the molecule is CC1(C)COC/C(=C(/N)C2CC2)NC1C(=O)N1CCC(O)C1.C[N-]C(CC(=O)OC)c1ccc(-c2sc(C)nc2C)cc1.[W]. The Kier molecular flexibility index (Phi) is 13.0. The van der Waals surface area contributed by atoms with E-state index in [0.717, 1.165) is 46.1 Å². The third-order valence-corrected chi connectivity index (χ3v) is 9.39. The number of amides is 1. The molecule has 1 amide bonds. The van der Waals surface area contributed by atoms with Crippen LogP contribution in [0.2, 0.25) is 0 Å². The van der Waals surface area contributed by atoms with Gasteiger partial charge in [-0.05, 0) is 38.7 Å². The fourth-order valence-corrected chi connectivity index (χ4v) is 6.42. The van der Waals surface area contributed by atoms with Crippen LogP contribution >= 0.6 is 11.3 Å². The van der Waals surface area contributed by atoms with Gasteiger partial charge in [-0.3, -0.25) is 9.59 Å². The first-order valence-corrected chi connectivity index (χ1v) is 15.7. The van der Waals surface area contributed by atoms with Gasteiger partial charge in [0.25, 0.3) is 0 Å². The molecule has 1 saturated carbocycles. The number of nitrogens with zero attached hydrogens (tertiary/aromatic N) is 3. The number of methoxy groups -OCH3 is 1. The molecule has 2 aromatic rings. The zero-order valence-corrected chi connectivity index (χ0v) is 30.3. The maximum absolute atomic E-state index is 12.9. The number of ether oxygens (including phenoxy) is 2. The molecule has 44 heavy (non-hydrogen) atoms. The molecule has 0 bridgehead atoms. The maximum atomic E-state index is 12.9. The summed E-state index contributed by atoms with van der Waals surface area (Å²) in [5.41, 5.74) is 10.8. The quantitative estimate of drug-likeness (QED) is 0.355. The van der Waals surface area contributed by atoms with E-state index < -0.39 is 6.10 Å². The number of aryl methyl sites for hydroxylation is 2. The molecule has 1 aliphatic carbocycles. The minimum atomic E-state index is -0.402. The first-order valence-electron chi connectivity index (χ1n) is 14.9. The molecule has 2 aliphatic heterocycles. The third kappa shape index (κ3) is 9.13. The van der Waals surface area contributed by atoms with E-state index in [0.29, 0.717) is 38.6 Å². The van der Waals surface area contributed by atoms with Gasteiger partial charge < -0.3 is 35.8 Å². The number of nitrogens with one attached hydrogen (secondary N) is 1. The van der Waals surface area contributed by atoms with Crippen LogP contribution < -0.4 is 11.1 Å². The van der Waals surface area contributed by atoms with E-state index in [1.807, 2.05) is 39.8 Å². The number of nitrogens with two attached hydrogens (primary N) is 1. The fraction of sp³-hybridized carbons (Fsp3) is 0.594. The molecule has 4 N–H and O–H groups in total. The molecule has 2 saturated heterocycles. The van der Waals surface area contributed by atoms with E-state index in [2.05, 4.69) is 27.8 Å². The molecule has 3 atom stereocenters. The van der Waals surface area contributed by atoms with Crippen molar-refractivity contribution >= 4 is 23.2 Å². The summed E-state index contributed by atoms with van der Waals surface area (Å²) < 4.78 is 10.5. The molecule has 0 radical (unpaired) electrons. The second-order valence-electron chi connectivity index (χ2n) is 12.3. The number of hydrogen-bond donors (Lipinski definition) is 3. The van der Waals surface area contributed by atoms with Gasteiger partial charge in [0.05, 0.1) is 47.7 Å². The fourth-order valence-electron chi connectivity index (χ4n) is 5.49. The van der Waals surface area contributed by atoms with Crippen LogP contribution in [0.5, 0.6) is 0 Å². The number of likely N-dealkylation sites (tertiary alicyclic amines) is 1. The summed E-state index contributed by atoms with van der Waals surface area (Å²) in [7, 11) is 3.12. The normalized spacial score (nSPS) is 22.8. The van der Waals surface area contributed by atoms with Gasteiger partial charge in [0, 0.05) is 57.6 Å². The van der Waals surface area contributed by atoms with Crippen molar-refractivity contribution in [2.45, 2.75) is 71.6 Å². The number of rotatable bonds is 7. The van der Waals surface area contributed by atoms with Gasteiger partial charge in [-0.1, -0.05) is 49.7 Å². The molecule has 0 spiro atoms. The Balaban J connectivity index is 0.000000235.